The third kappa shape index (κ3) is 4.43. The van der Waals surface area contributed by atoms with Crippen molar-refractivity contribution in [3.05, 3.63) is 0 Å². The first-order valence-electron chi connectivity index (χ1n) is 7.20. The van der Waals surface area contributed by atoms with Gasteiger partial charge in [0.1, 0.15) is 0 Å². The van der Waals surface area contributed by atoms with Gasteiger partial charge in [0, 0.05) is 12.1 Å². The minimum absolute atomic E-state index is 0. The van der Waals surface area contributed by atoms with E-state index in [9.17, 15) is 4.79 Å². The minimum atomic E-state index is 0. The molecule has 2 rings (SSSR count). The average Bonchev–Trinajstić information content (AvgIpc) is 2.93. The molecular formula is C14H27ClN2O. The predicted octanol–water partition coefficient (Wildman–Crippen LogP) is 2.59. The molecule has 106 valence electrons. The Hall–Kier alpha value is -0.280. The lowest BCUT2D eigenvalue weighted by Crippen LogP contribution is -2.47. The maximum atomic E-state index is 12.2. The molecule has 2 aliphatic rings. The number of hydrogen-bond acceptors (Lipinski definition) is 2. The largest absolute Gasteiger partial charge is 0.336 e. The quantitative estimate of drug-likeness (QED) is 0.807. The van der Waals surface area contributed by atoms with Crippen LogP contribution in [0.15, 0.2) is 0 Å². The van der Waals surface area contributed by atoms with Gasteiger partial charge >= 0.3 is 0 Å². The number of rotatable bonds is 6. The summed E-state index contributed by atoms with van der Waals surface area (Å²) in [5, 5.41) is 3.31. The van der Waals surface area contributed by atoms with Gasteiger partial charge in [-0.25, -0.2) is 0 Å². The summed E-state index contributed by atoms with van der Waals surface area (Å²) in [7, 11) is 0. The van der Waals surface area contributed by atoms with Gasteiger partial charge in [-0.1, -0.05) is 12.8 Å². The van der Waals surface area contributed by atoms with Crippen LogP contribution in [0, 0.1) is 5.92 Å². The van der Waals surface area contributed by atoms with Crippen molar-refractivity contribution in [2.75, 3.05) is 13.1 Å². The molecule has 0 atom stereocenters. The van der Waals surface area contributed by atoms with Crippen molar-refractivity contribution in [2.45, 2.75) is 64.5 Å². The molecule has 0 bridgehead atoms. The number of nitrogens with zero attached hydrogens (tertiary/aromatic N) is 1. The predicted molar refractivity (Wildman–Crippen MR) is 77.1 cm³/mol. The molecule has 1 amide bonds. The van der Waals surface area contributed by atoms with Crippen LogP contribution in [0.3, 0.4) is 0 Å². The Kier molecular flexibility index (Phi) is 6.44. The molecule has 0 heterocycles. The highest BCUT2D eigenvalue weighted by atomic mass is 35.5. The van der Waals surface area contributed by atoms with Gasteiger partial charge in [0.25, 0.3) is 0 Å². The lowest BCUT2D eigenvalue weighted by Gasteiger charge is -2.33. The second kappa shape index (κ2) is 7.34. The Balaban J connectivity index is 0.00000162. The number of nitrogens with one attached hydrogen (secondary N) is 1. The zero-order valence-electron chi connectivity index (χ0n) is 11.7. The van der Waals surface area contributed by atoms with Crippen LogP contribution >= 0.6 is 12.4 Å². The second-order valence-corrected chi connectivity index (χ2v) is 5.91. The maximum absolute atomic E-state index is 12.2. The fourth-order valence-electron chi connectivity index (χ4n) is 2.89. The highest BCUT2D eigenvalue weighted by molar-refractivity contribution is 5.85. The molecule has 0 aromatic rings. The van der Waals surface area contributed by atoms with Gasteiger partial charge in [0.15, 0.2) is 0 Å². The molecule has 1 N–H and O–H groups in total. The number of halogens is 1. The Morgan fingerprint density at radius 3 is 2.33 bits per heavy atom. The Morgan fingerprint density at radius 2 is 1.83 bits per heavy atom. The van der Waals surface area contributed by atoms with Gasteiger partial charge in [-0.15, -0.1) is 12.4 Å². The van der Waals surface area contributed by atoms with Crippen LogP contribution in [0.5, 0.6) is 0 Å². The molecule has 0 aromatic heterocycles. The molecule has 2 fully saturated rings. The van der Waals surface area contributed by atoms with E-state index in [1.807, 2.05) is 0 Å². The van der Waals surface area contributed by atoms with Crippen molar-refractivity contribution in [1.82, 2.24) is 10.2 Å². The molecule has 0 aromatic carbocycles. The van der Waals surface area contributed by atoms with Gasteiger partial charge in [-0.2, -0.15) is 0 Å². The zero-order valence-corrected chi connectivity index (χ0v) is 12.5. The fraction of sp³-hybridized carbons (Fsp3) is 0.929. The van der Waals surface area contributed by atoms with Crippen molar-refractivity contribution >= 4 is 18.3 Å². The van der Waals surface area contributed by atoms with Gasteiger partial charge in [0.05, 0.1) is 6.54 Å². The van der Waals surface area contributed by atoms with E-state index in [0.717, 1.165) is 12.5 Å². The lowest BCUT2D eigenvalue weighted by atomic mass is 10.1. The van der Waals surface area contributed by atoms with Crippen LogP contribution in [0.1, 0.15) is 52.4 Å². The van der Waals surface area contributed by atoms with E-state index in [0.29, 0.717) is 24.5 Å². The summed E-state index contributed by atoms with van der Waals surface area (Å²) in [5.41, 5.74) is 0. The molecule has 0 radical (unpaired) electrons. The zero-order chi connectivity index (χ0) is 12.3. The molecule has 0 saturated heterocycles. The maximum Gasteiger partial charge on any atom is 0.237 e. The molecule has 0 spiro atoms. The first kappa shape index (κ1) is 15.8. The first-order chi connectivity index (χ1) is 8.18. The normalized spacial score (nSPS) is 19.9. The van der Waals surface area contributed by atoms with Gasteiger partial charge in [-0.05, 0) is 52.0 Å². The van der Waals surface area contributed by atoms with Crippen molar-refractivity contribution in [2.24, 2.45) is 5.92 Å². The van der Waals surface area contributed by atoms with Crippen molar-refractivity contribution < 1.29 is 4.79 Å². The third-order valence-corrected chi connectivity index (χ3v) is 3.97. The van der Waals surface area contributed by atoms with E-state index in [-0.39, 0.29) is 12.4 Å². The SMILES string of the molecule is CC(C)N(C(=O)CNCC1CC1)C1CCCC1.Cl. The average molecular weight is 275 g/mol. The smallest absolute Gasteiger partial charge is 0.237 e. The Labute approximate surface area is 117 Å². The van der Waals surface area contributed by atoms with Crippen LogP contribution in [0.25, 0.3) is 0 Å². The van der Waals surface area contributed by atoms with E-state index in [1.54, 1.807) is 0 Å². The van der Waals surface area contributed by atoms with Gasteiger partial charge in [-0.3, -0.25) is 4.79 Å². The van der Waals surface area contributed by atoms with E-state index in [1.165, 1.54) is 38.5 Å². The monoisotopic (exact) mass is 274 g/mol. The van der Waals surface area contributed by atoms with E-state index < -0.39 is 0 Å². The molecule has 4 heteroatoms. The summed E-state index contributed by atoms with van der Waals surface area (Å²) in [6, 6.07) is 0.846. The third-order valence-electron chi connectivity index (χ3n) is 3.97. The fourth-order valence-corrected chi connectivity index (χ4v) is 2.89. The number of amides is 1. The van der Waals surface area contributed by atoms with Crippen LogP contribution in [-0.4, -0.2) is 36.0 Å². The summed E-state index contributed by atoms with van der Waals surface area (Å²) in [6.07, 6.45) is 7.67. The van der Waals surface area contributed by atoms with E-state index in [4.69, 9.17) is 0 Å². The number of carbonyl (C=O) groups is 1. The van der Waals surface area contributed by atoms with Crippen molar-refractivity contribution in [3.63, 3.8) is 0 Å². The molecule has 0 aliphatic heterocycles. The van der Waals surface area contributed by atoms with Crippen LogP contribution < -0.4 is 5.32 Å². The highest BCUT2D eigenvalue weighted by Crippen LogP contribution is 2.27. The van der Waals surface area contributed by atoms with Crippen LogP contribution in [-0.2, 0) is 4.79 Å². The number of hydrogen-bond donors (Lipinski definition) is 1. The van der Waals surface area contributed by atoms with Crippen molar-refractivity contribution in [1.29, 1.82) is 0 Å². The highest BCUT2D eigenvalue weighted by Gasteiger charge is 2.28. The number of carbonyl (C=O) groups excluding carboxylic acids is 1. The Morgan fingerprint density at radius 1 is 1.22 bits per heavy atom. The standard InChI is InChI=1S/C14H26N2O.ClH/c1-11(2)16(13-5-3-4-6-13)14(17)10-15-9-12-7-8-12;/h11-13,15H,3-10H2,1-2H3;1H. The molecule has 2 saturated carbocycles. The van der Waals surface area contributed by atoms with Crippen LogP contribution in [0.2, 0.25) is 0 Å². The lowest BCUT2D eigenvalue weighted by molar-refractivity contribution is -0.134. The summed E-state index contributed by atoms with van der Waals surface area (Å²) in [4.78, 5) is 14.4. The summed E-state index contributed by atoms with van der Waals surface area (Å²) >= 11 is 0. The topological polar surface area (TPSA) is 32.3 Å². The molecule has 2 aliphatic carbocycles. The summed E-state index contributed by atoms with van der Waals surface area (Å²) < 4.78 is 0. The minimum Gasteiger partial charge on any atom is -0.336 e. The van der Waals surface area contributed by atoms with E-state index >= 15 is 0 Å². The second-order valence-electron chi connectivity index (χ2n) is 5.91. The molecule has 18 heavy (non-hydrogen) atoms. The van der Waals surface area contributed by atoms with Gasteiger partial charge < -0.3 is 10.2 Å². The Bertz CT molecular complexity index is 261. The molecule has 3 nitrogen and oxygen atoms in total. The van der Waals surface area contributed by atoms with Crippen molar-refractivity contribution in [3.8, 4) is 0 Å². The molecular weight excluding hydrogens is 248 g/mol. The van der Waals surface area contributed by atoms with E-state index in [2.05, 4.69) is 24.1 Å². The van der Waals surface area contributed by atoms with Gasteiger partial charge in [0.2, 0.25) is 5.91 Å². The molecule has 0 unspecified atom stereocenters. The first-order valence-corrected chi connectivity index (χ1v) is 7.20. The summed E-state index contributed by atoms with van der Waals surface area (Å²) in [5.74, 6) is 1.15. The summed E-state index contributed by atoms with van der Waals surface area (Å²) in [6.45, 7) is 5.84. The van der Waals surface area contributed by atoms with Crippen LogP contribution in [0.4, 0.5) is 0 Å².